The molecule has 4 heterocycles. The summed E-state index contributed by atoms with van der Waals surface area (Å²) >= 11 is 0. The molecule has 0 aromatic rings. The van der Waals surface area contributed by atoms with Crippen molar-refractivity contribution in [3.05, 3.63) is 0 Å². The zero-order valence-corrected chi connectivity index (χ0v) is 71.3. The van der Waals surface area contributed by atoms with E-state index in [1.807, 2.05) is 0 Å². The lowest BCUT2D eigenvalue weighted by atomic mass is 9.94. The Balaban J connectivity index is 1.30. The third-order valence-electron chi connectivity index (χ3n) is 20.3. The maximum atomic E-state index is 13.9. The SMILES string of the molecule is CCCO[C@H]1O[C@H](CO)[C@@H](O[C@@H]2O[C@H](CO)[C@@H](O)[C@H](O)[C@H]2NC(C)=O)[C@H](O[C@H](C)C(=O)N[C@@H](C)C(=O)N[C@H](CCC(=O)N[C@@H](CCCCNC(=O)[C@@H](C)NC(=O)[C@H](CCCCN)NC(=O)CC[C@@H](NC(=O)[C@H](C)NC(=O)[C@@H](C)O[C@@H]2[C@@H](NC(C)=O)[C@@H](OCCC)O[C@H](CO)[C@H]2O[C@@H]2O[C@H](CO)[C@@H](O)[C@H](O)[C@H]2NC(C)=O)C(N)=O)C(=O)O)C(N)=O)[C@H]1NC(C)=O. The molecule has 14 amide bonds. The number of hydrogen-bond acceptors (Lipinski definition) is 34. The van der Waals surface area contributed by atoms with Crippen molar-refractivity contribution in [3.8, 4) is 0 Å². The van der Waals surface area contributed by atoms with Crippen LogP contribution in [0.2, 0.25) is 0 Å². The fourth-order valence-electron chi connectivity index (χ4n) is 13.6. The summed E-state index contributed by atoms with van der Waals surface area (Å²) in [6, 6.07) is -15.7. The minimum absolute atomic E-state index is 0.0239. The van der Waals surface area contributed by atoms with Crippen molar-refractivity contribution >= 4 is 88.7 Å². The molecule has 0 aromatic carbocycles. The quantitative estimate of drug-likeness (QED) is 0.0252. The van der Waals surface area contributed by atoms with Crippen LogP contribution in [0.1, 0.15) is 153 Å². The molecule has 4 aliphatic rings. The maximum Gasteiger partial charge on any atom is 0.326 e. The van der Waals surface area contributed by atoms with E-state index in [0.717, 1.165) is 27.7 Å². The van der Waals surface area contributed by atoms with Gasteiger partial charge in [-0.2, -0.15) is 0 Å². The van der Waals surface area contributed by atoms with Gasteiger partial charge in [-0.15, -0.1) is 0 Å². The number of rotatable bonds is 53. The van der Waals surface area contributed by atoms with Crippen LogP contribution in [0.25, 0.3) is 0 Å². The van der Waals surface area contributed by atoms with Crippen molar-refractivity contribution in [2.45, 2.75) is 330 Å². The average molecular weight is 1780 g/mol. The van der Waals surface area contributed by atoms with E-state index >= 15 is 0 Å². The molecule has 4 fully saturated rings. The minimum Gasteiger partial charge on any atom is -0.480 e. The Kier molecular flexibility index (Phi) is 46.6. The monoisotopic (exact) mass is 1780 g/mol. The molecule has 0 spiro atoms. The van der Waals surface area contributed by atoms with Gasteiger partial charge < -0.3 is 174 Å². The van der Waals surface area contributed by atoms with E-state index in [0.29, 0.717) is 25.7 Å². The highest BCUT2D eigenvalue weighted by atomic mass is 16.8. The van der Waals surface area contributed by atoms with Crippen LogP contribution in [0, 0.1) is 0 Å². The van der Waals surface area contributed by atoms with Crippen LogP contribution in [0.4, 0.5) is 0 Å². The van der Waals surface area contributed by atoms with Crippen molar-refractivity contribution in [2.24, 2.45) is 17.2 Å². The predicted octanol–water partition coefficient (Wildman–Crippen LogP) is -11.0. The van der Waals surface area contributed by atoms with Gasteiger partial charge in [0.2, 0.25) is 82.7 Å². The van der Waals surface area contributed by atoms with Gasteiger partial charge in [-0.1, -0.05) is 13.8 Å². The Morgan fingerprint density at radius 2 is 0.734 bits per heavy atom. The van der Waals surface area contributed by atoms with Gasteiger partial charge in [-0.05, 0) is 105 Å². The van der Waals surface area contributed by atoms with Crippen LogP contribution < -0.4 is 81.0 Å². The molecule has 124 heavy (non-hydrogen) atoms. The van der Waals surface area contributed by atoms with Crippen molar-refractivity contribution in [1.29, 1.82) is 0 Å². The van der Waals surface area contributed by atoms with Crippen molar-refractivity contribution in [1.82, 2.24) is 63.8 Å². The van der Waals surface area contributed by atoms with E-state index in [-0.39, 0.29) is 52.0 Å². The third kappa shape index (κ3) is 33.6. The molecular formula is C75H129N15O34. The first kappa shape index (κ1) is 108. The lowest BCUT2D eigenvalue weighted by molar-refractivity contribution is -0.337. The van der Waals surface area contributed by atoms with Crippen LogP contribution in [-0.4, -0.2) is 364 Å². The van der Waals surface area contributed by atoms with Gasteiger partial charge in [0, 0.05) is 60.3 Å². The molecule has 4 saturated heterocycles. The number of ether oxygens (including phenoxy) is 10. The molecule has 708 valence electrons. The molecule has 4 rings (SSSR count). The Bertz CT molecular complexity index is 3510. The first-order valence-corrected chi connectivity index (χ1v) is 41.1. The Labute approximate surface area is 715 Å². The van der Waals surface area contributed by atoms with Crippen LogP contribution in [0.3, 0.4) is 0 Å². The highest BCUT2D eigenvalue weighted by Gasteiger charge is 2.56. The Morgan fingerprint density at radius 3 is 1.09 bits per heavy atom. The highest BCUT2D eigenvalue weighted by molar-refractivity contribution is 5.95. The molecule has 0 radical (unpaired) electrons. The fraction of sp³-hybridized carbons (Fsp3) is 0.800. The van der Waals surface area contributed by atoms with Gasteiger partial charge in [0.05, 0.1) is 26.4 Å². The van der Waals surface area contributed by atoms with Crippen LogP contribution in [0.5, 0.6) is 0 Å². The first-order chi connectivity index (χ1) is 58.5. The lowest BCUT2D eigenvalue weighted by Crippen LogP contribution is -2.70. The van der Waals surface area contributed by atoms with E-state index in [9.17, 15) is 118 Å². The minimum atomic E-state index is -1.79. The van der Waals surface area contributed by atoms with Crippen LogP contribution >= 0.6 is 0 Å². The molecular weight excluding hydrogens is 1650 g/mol. The Hall–Kier alpha value is -8.71. The van der Waals surface area contributed by atoms with Gasteiger partial charge in [0.25, 0.3) is 0 Å². The summed E-state index contributed by atoms with van der Waals surface area (Å²) in [5.41, 5.74) is 16.9. The number of amides is 14. The second-order valence-electron chi connectivity index (χ2n) is 30.5. The molecule has 27 N–H and O–H groups in total. The normalized spacial score (nSPS) is 28.4. The van der Waals surface area contributed by atoms with Crippen LogP contribution in [0.15, 0.2) is 0 Å². The second kappa shape index (κ2) is 53.7. The molecule has 0 saturated carbocycles. The number of carbonyl (C=O) groups excluding carboxylic acids is 14. The molecule has 49 nitrogen and oxygen atoms in total. The van der Waals surface area contributed by atoms with Crippen LogP contribution in [-0.2, 0) is 119 Å². The third-order valence-corrected chi connectivity index (χ3v) is 20.3. The van der Waals surface area contributed by atoms with Gasteiger partial charge in [-0.3, -0.25) is 67.1 Å². The number of carboxylic acids is 1. The number of carbonyl (C=O) groups is 15. The summed E-state index contributed by atoms with van der Waals surface area (Å²) < 4.78 is 60.4. The highest BCUT2D eigenvalue weighted by Crippen LogP contribution is 2.35. The summed E-state index contributed by atoms with van der Waals surface area (Å²) in [7, 11) is 0. The van der Waals surface area contributed by atoms with E-state index in [4.69, 9.17) is 64.6 Å². The van der Waals surface area contributed by atoms with E-state index in [2.05, 4.69) is 63.8 Å². The second-order valence-corrected chi connectivity index (χ2v) is 30.5. The largest absolute Gasteiger partial charge is 0.480 e. The topological polar surface area (TPSA) is 753 Å². The van der Waals surface area contributed by atoms with Gasteiger partial charge >= 0.3 is 5.97 Å². The van der Waals surface area contributed by atoms with E-state index in [1.54, 1.807) is 13.8 Å². The molecule has 0 aliphatic carbocycles. The van der Waals surface area contributed by atoms with Crippen molar-refractivity contribution < 1.29 is 165 Å². The number of nitrogens with two attached hydrogens (primary N) is 3. The molecule has 0 unspecified atom stereocenters. The molecule has 4 aliphatic heterocycles. The smallest absolute Gasteiger partial charge is 0.326 e. The number of hydrogen-bond donors (Lipinski definition) is 24. The summed E-state index contributed by atoms with van der Waals surface area (Å²) in [5, 5.41) is 124. The summed E-state index contributed by atoms with van der Waals surface area (Å²) in [5.74, 6) is -13.5. The maximum absolute atomic E-state index is 13.9. The average Bonchev–Trinajstić information content (AvgIpc) is 0.772. The van der Waals surface area contributed by atoms with Gasteiger partial charge in [0.15, 0.2) is 25.2 Å². The number of aliphatic hydroxyl groups excluding tert-OH is 8. The molecule has 29 atom stereocenters. The number of aliphatic carboxylic acids is 1. The molecule has 0 aromatic heterocycles. The number of aliphatic hydroxyl groups is 8. The summed E-state index contributed by atoms with van der Waals surface area (Å²) in [6.07, 6.45) is -28.5. The number of unbranched alkanes of at least 4 members (excludes halogenated alkanes) is 2. The number of primary amides is 2. The number of nitrogens with one attached hydrogen (secondary N) is 12. The van der Waals surface area contributed by atoms with Gasteiger partial charge in [-0.25, -0.2) is 4.79 Å². The zero-order chi connectivity index (χ0) is 93.1. The lowest BCUT2D eigenvalue weighted by Gasteiger charge is -2.49. The standard InChI is InChI=1S/C75H129N15O34/c1-12-26-115-72-53(85-39(10)97)61(59(47(30-93)121-72)123-74-51(83-37(8)95)57(103)55(101)45(28-91)119-74)117-35(6)68(110)80-33(4)66(108)89-41(63(77)105)20-22-49(99)87-43(18-14-16-24-76)70(112)82-32(3)65(107)79-25-17-15-19-44(71(113)114)88-50(100)23-21-42(64(78)106)90-67(109)34(5)81-69(111)36(7)118-62-54(86-40(11)98)73(116-27-13-2)122-48(31-94)60(62)124-75-52(84-38(9)96)58(104)56(102)46(29-92)120-75/h32-36,41-48,51-62,72-75,91-94,101-104H,12-31,76H2,1-11H3,(H2,77,105)(H2,78,106)(H,79,107)(H,80,110)(H,81,111)(H,82,112)(H,83,95)(H,84,96)(H,85,97)(H,86,98)(H,87,99)(H,88,100)(H,89,108)(H,90,109)(H,113,114)/t32-,33+,34+,35-,36-,41-,42-,43+,44+,45-,46-,47-,48-,51-,52-,53-,54-,55-,56-,57-,58-,59-,60-,61-,62-,72+,73+,74+,75+/m1/s1. The number of carboxylic acid groups (broad SMARTS) is 1. The molecule has 49 heteroatoms. The van der Waals surface area contributed by atoms with Gasteiger partial charge in [0.1, 0.15) is 152 Å². The van der Waals surface area contributed by atoms with Crippen molar-refractivity contribution in [2.75, 3.05) is 52.7 Å². The fourth-order valence-corrected chi connectivity index (χ4v) is 13.6. The Morgan fingerprint density at radius 1 is 0.387 bits per heavy atom. The van der Waals surface area contributed by atoms with E-state index in [1.165, 1.54) is 34.6 Å². The summed E-state index contributed by atoms with van der Waals surface area (Å²) in [6.45, 7) is 11.3. The summed E-state index contributed by atoms with van der Waals surface area (Å²) in [4.78, 5) is 196. The van der Waals surface area contributed by atoms with Crippen molar-refractivity contribution in [3.63, 3.8) is 0 Å². The first-order valence-electron chi connectivity index (χ1n) is 41.1. The zero-order valence-electron chi connectivity index (χ0n) is 71.3. The van der Waals surface area contributed by atoms with E-state index < -0.39 is 318 Å². The molecule has 0 bridgehead atoms. The predicted molar refractivity (Wildman–Crippen MR) is 423 cm³/mol.